The predicted molar refractivity (Wildman–Crippen MR) is 97.3 cm³/mol. The molecule has 1 aliphatic carbocycles. The fourth-order valence-electron chi connectivity index (χ4n) is 2.60. The van der Waals surface area contributed by atoms with E-state index >= 15 is 0 Å². The molecule has 0 atom stereocenters. The van der Waals surface area contributed by atoms with Gasteiger partial charge in [0, 0.05) is 18.7 Å². The molecule has 1 amide bonds. The van der Waals surface area contributed by atoms with Gasteiger partial charge in [0.15, 0.2) is 0 Å². The molecule has 1 fully saturated rings. The molecule has 25 heavy (non-hydrogen) atoms. The second-order valence-electron chi connectivity index (χ2n) is 5.93. The molecule has 0 unspecified atom stereocenters. The zero-order chi connectivity index (χ0) is 17.6. The summed E-state index contributed by atoms with van der Waals surface area (Å²) in [6.07, 6.45) is 2.17. The Hall–Kier alpha value is -2.74. The van der Waals surface area contributed by atoms with Crippen molar-refractivity contribution in [1.82, 2.24) is 15.3 Å². The van der Waals surface area contributed by atoms with Crippen molar-refractivity contribution < 1.29 is 9.18 Å². The van der Waals surface area contributed by atoms with Crippen LogP contribution in [-0.2, 0) is 0 Å². The predicted octanol–water partition coefficient (Wildman–Crippen LogP) is 3.01. The zero-order valence-corrected chi connectivity index (χ0v) is 14.3. The Bertz CT molecular complexity index is 965. The van der Waals surface area contributed by atoms with Gasteiger partial charge in [-0.05, 0) is 37.1 Å². The molecule has 0 radical (unpaired) electrons. The summed E-state index contributed by atoms with van der Waals surface area (Å²) in [4.78, 5) is 22.2. The van der Waals surface area contributed by atoms with Crippen molar-refractivity contribution in [1.29, 1.82) is 0 Å². The van der Waals surface area contributed by atoms with E-state index in [2.05, 4.69) is 20.6 Å². The summed E-state index contributed by atoms with van der Waals surface area (Å²) in [6.45, 7) is 0. The van der Waals surface area contributed by atoms with Gasteiger partial charge < -0.3 is 16.4 Å². The van der Waals surface area contributed by atoms with Crippen LogP contribution in [0.4, 0.5) is 16.0 Å². The number of nitrogens with one attached hydrogen (secondary N) is 2. The Morgan fingerprint density at radius 3 is 2.64 bits per heavy atom. The van der Waals surface area contributed by atoms with Crippen LogP contribution >= 0.6 is 11.3 Å². The number of fused-ring (bicyclic) bond motifs is 1. The van der Waals surface area contributed by atoms with Gasteiger partial charge in [0.2, 0.25) is 5.95 Å². The molecule has 0 aliphatic heterocycles. The number of aromatic nitrogens is 2. The summed E-state index contributed by atoms with van der Waals surface area (Å²) in [5.41, 5.74) is 7.88. The number of hydrogen-bond donors (Lipinski definition) is 3. The third kappa shape index (κ3) is 2.89. The van der Waals surface area contributed by atoms with Crippen molar-refractivity contribution in [3.63, 3.8) is 0 Å². The highest BCUT2D eigenvalue weighted by atomic mass is 32.1. The molecule has 0 spiro atoms. The van der Waals surface area contributed by atoms with Gasteiger partial charge in [0.25, 0.3) is 5.91 Å². The normalized spacial score (nSPS) is 13.8. The fourth-order valence-corrected chi connectivity index (χ4v) is 3.64. The van der Waals surface area contributed by atoms with Gasteiger partial charge in [-0.2, -0.15) is 0 Å². The second kappa shape index (κ2) is 5.96. The molecule has 1 aliphatic rings. The first kappa shape index (κ1) is 15.8. The third-order valence-electron chi connectivity index (χ3n) is 4.05. The summed E-state index contributed by atoms with van der Waals surface area (Å²) in [6, 6.07) is 6.43. The van der Waals surface area contributed by atoms with Crippen molar-refractivity contribution in [3.8, 4) is 11.3 Å². The van der Waals surface area contributed by atoms with E-state index in [1.165, 1.54) is 23.5 Å². The summed E-state index contributed by atoms with van der Waals surface area (Å²) >= 11 is 1.23. The van der Waals surface area contributed by atoms with Crippen molar-refractivity contribution in [2.45, 2.75) is 18.9 Å². The number of nitrogen functional groups attached to an aromatic ring is 1. The number of carbonyl (C=O) groups is 1. The number of nitrogens with zero attached hydrogens (tertiary/aromatic N) is 2. The molecule has 1 saturated carbocycles. The number of rotatable bonds is 4. The van der Waals surface area contributed by atoms with E-state index in [0.29, 0.717) is 38.5 Å². The van der Waals surface area contributed by atoms with E-state index in [4.69, 9.17) is 5.73 Å². The van der Waals surface area contributed by atoms with Gasteiger partial charge in [-0.1, -0.05) is 0 Å². The number of amides is 1. The quantitative estimate of drug-likeness (QED) is 0.667. The van der Waals surface area contributed by atoms with Crippen molar-refractivity contribution in [3.05, 3.63) is 35.0 Å². The monoisotopic (exact) mass is 357 g/mol. The summed E-state index contributed by atoms with van der Waals surface area (Å²) < 4.78 is 13.3. The average molecular weight is 357 g/mol. The number of nitrogens with two attached hydrogens (primary N) is 1. The number of hydrogen-bond acceptors (Lipinski definition) is 6. The topological polar surface area (TPSA) is 92.9 Å². The highest BCUT2D eigenvalue weighted by molar-refractivity contribution is 7.21. The highest BCUT2D eigenvalue weighted by Gasteiger charge is 2.25. The van der Waals surface area contributed by atoms with E-state index in [0.717, 1.165) is 18.4 Å². The van der Waals surface area contributed by atoms with E-state index in [-0.39, 0.29) is 11.7 Å². The lowest BCUT2D eigenvalue weighted by Crippen LogP contribution is -2.17. The Morgan fingerprint density at radius 2 is 2.00 bits per heavy atom. The molecule has 4 N–H and O–H groups in total. The first-order valence-corrected chi connectivity index (χ1v) is 8.73. The van der Waals surface area contributed by atoms with Gasteiger partial charge in [-0.25, -0.2) is 14.4 Å². The number of carbonyl (C=O) groups excluding carboxylic acids is 1. The van der Waals surface area contributed by atoms with Crippen LogP contribution in [0.15, 0.2) is 24.3 Å². The highest BCUT2D eigenvalue weighted by Crippen LogP contribution is 2.39. The van der Waals surface area contributed by atoms with E-state index < -0.39 is 0 Å². The van der Waals surface area contributed by atoms with Crippen molar-refractivity contribution >= 4 is 39.1 Å². The molecule has 128 valence electrons. The Balaban J connectivity index is 1.94. The average Bonchev–Trinajstić information content (AvgIpc) is 3.36. The van der Waals surface area contributed by atoms with Crippen LogP contribution in [0.5, 0.6) is 0 Å². The number of halogens is 1. The van der Waals surface area contributed by atoms with Crippen molar-refractivity contribution in [2.24, 2.45) is 0 Å². The van der Waals surface area contributed by atoms with Gasteiger partial charge in [-0.3, -0.25) is 4.79 Å². The Morgan fingerprint density at radius 1 is 1.28 bits per heavy atom. The number of benzene rings is 1. The second-order valence-corrected chi connectivity index (χ2v) is 6.92. The van der Waals surface area contributed by atoms with Crippen LogP contribution < -0.4 is 16.4 Å². The molecule has 8 heteroatoms. The third-order valence-corrected chi connectivity index (χ3v) is 5.15. The van der Waals surface area contributed by atoms with Crippen LogP contribution in [0.25, 0.3) is 21.5 Å². The van der Waals surface area contributed by atoms with Gasteiger partial charge >= 0.3 is 0 Å². The largest absolute Gasteiger partial charge is 0.397 e. The van der Waals surface area contributed by atoms with Gasteiger partial charge in [0.05, 0.1) is 16.8 Å². The van der Waals surface area contributed by atoms with E-state index in [9.17, 15) is 9.18 Å². The lowest BCUT2D eigenvalue weighted by atomic mass is 10.1. The van der Waals surface area contributed by atoms with Gasteiger partial charge in [-0.15, -0.1) is 11.3 Å². The summed E-state index contributed by atoms with van der Waals surface area (Å²) in [5.74, 6) is -0.0870. The van der Waals surface area contributed by atoms with Crippen LogP contribution in [0, 0.1) is 5.82 Å². The van der Waals surface area contributed by atoms with Gasteiger partial charge in [0.1, 0.15) is 15.5 Å². The minimum absolute atomic E-state index is 0.262. The van der Waals surface area contributed by atoms with E-state index in [1.54, 1.807) is 19.2 Å². The molecule has 2 aromatic heterocycles. The first-order chi connectivity index (χ1) is 12.1. The lowest BCUT2D eigenvalue weighted by Gasteiger charge is -2.08. The molecule has 1 aromatic carbocycles. The molecular weight excluding hydrogens is 341 g/mol. The number of anilines is 2. The summed E-state index contributed by atoms with van der Waals surface area (Å²) in [5, 5.41) is 6.48. The summed E-state index contributed by atoms with van der Waals surface area (Å²) in [7, 11) is 1.55. The van der Waals surface area contributed by atoms with Crippen LogP contribution in [0.1, 0.15) is 22.5 Å². The maximum absolute atomic E-state index is 13.3. The fraction of sp³-hybridized carbons (Fsp3) is 0.235. The lowest BCUT2D eigenvalue weighted by molar-refractivity contribution is 0.0968. The Labute approximate surface area is 147 Å². The molecule has 2 heterocycles. The maximum atomic E-state index is 13.3. The molecule has 0 saturated heterocycles. The van der Waals surface area contributed by atoms with E-state index in [1.807, 2.05) is 0 Å². The molecule has 4 rings (SSSR count). The smallest absolute Gasteiger partial charge is 0.263 e. The number of thiophene rings is 1. The van der Waals surface area contributed by atoms with Crippen molar-refractivity contribution in [2.75, 3.05) is 18.1 Å². The van der Waals surface area contributed by atoms with Crippen LogP contribution in [-0.4, -0.2) is 29.0 Å². The molecule has 6 nitrogen and oxygen atoms in total. The Kier molecular flexibility index (Phi) is 3.76. The molecular formula is C17H16FN5OS. The van der Waals surface area contributed by atoms with Crippen LogP contribution in [0.3, 0.4) is 0 Å². The molecule has 3 aromatic rings. The zero-order valence-electron chi connectivity index (χ0n) is 13.5. The van der Waals surface area contributed by atoms with Crippen LogP contribution in [0.2, 0.25) is 0 Å². The molecule has 0 bridgehead atoms. The standard InChI is InChI=1S/C17H16FN5OS/c1-20-15(24)14-12(19)11-13(8-2-4-9(18)5-3-8)22-17(21-10-6-7-10)23-16(11)25-14/h2-5,10H,6-7,19H2,1H3,(H,20,24)(H,21,22,23). The minimum atomic E-state index is -0.324. The maximum Gasteiger partial charge on any atom is 0.263 e. The minimum Gasteiger partial charge on any atom is -0.397 e. The first-order valence-electron chi connectivity index (χ1n) is 7.91. The SMILES string of the molecule is CNC(=O)c1sc2nc(NC3CC3)nc(-c3ccc(F)cc3)c2c1N.